The van der Waals surface area contributed by atoms with Gasteiger partial charge in [0.1, 0.15) is 11.7 Å². The monoisotopic (exact) mass is 345 g/mol. The van der Waals surface area contributed by atoms with Crippen molar-refractivity contribution in [1.82, 2.24) is 0 Å². The van der Waals surface area contributed by atoms with E-state index in [0.717, 1.165) is 25.7 Å². The molecule has 1 N–H and O–H groups in total. The summed E-state index contributed by atoms with van der Waals surface area (Å²) in [6, 6.07) is 7.23. The highest BCUT2D eigenvalue weighted by Gasteiger charge is 2.18. The van der Waals surface area contributed by atoms with Crippen LogP contribution in [0.1, 0.15) is 58.4 Å². The molecule has 0 heterocycles. The third kappa shape index (κ3) is 6.99. The number of ether oxygens (including phenoxy) is 2. The van der Waals surface area contributed by atoms with Crippen LogP contribution >= 0.6 is 0 Å². The molecule has 1 fully saturated rings. The molecule has 0 saturated heterocycles. The van der Waals surface area contributed by atoms with Gasteiger partial charge in [-0.1, -0.05) is 24.6 Å². The highest BCUT2D eigenvalue weighted by atomic mass is 16.6. The van der Waals surface area contributed by atoms with Crippen molar-refractivity contribution in [3.8, 4) is 0 Å². The van der Waals surface area contributed by atoms with E-state index in [1.165, 1.54) is 12.5 Å². The number of carbonyl (C=O) groups is 2. The summed E-state index contributed by atoms with van der Waals surface area (Å²) in [5, 5.41) is 2.71. The predicted octanol–water partition coefficient (Wildman–Crippen LogP) is 4.92. The van der Waals surface area contributed by atoms with Crippen LogP contribution in [0.4, 0.5) is 10.5 Å². The Balaban J connectivity index is 1.97. The van der Waals surface area contributed by atoms with Crippen molar-refractivity contribution in [1.29, 1.82) is 0 Å². The van der Waals surface area contributed by atoms with Gasteiger partial charge in [0.2, 0.25) is 0 Å². The first kappa shape index (κ1) is 19.0. The van der Waals surface area contributed by atoms with Gasteiger partial charge in [0.05, 0.1) is 5.69 Å². The molecule has 25 heavy (non-hydrogen) atoms. The Morgan fingerprint density at radius 3 is 2.48 bits per heavy atom. The Morgan fingerprint density at radius 1 is 1.12 bits per heavy atom. The van der Waals surface area contributed by atoms with E-state index in [9.17, 15) is 9.59 Å². The molecule has 0 spiro atoms. The maximum absolute atomic E-state index is 12.0. The number of benzene rings is 1. The van der Waals surface area contributed by atoms with Gasteiger partial charge >= 0.3 is 12.1 Å². The molecule has 2 rings (SSSR count). The molecule has 0 aliphatic heterocycles. The fourth-order valence-electron chi connectivity index (χ4n) is 2.71. The number of nitrogens with one attached hydrogen (secondary N) is 1. The second-order valence-electron chi connectivity index (χ2n) is 7.24. The number of hydrogen-bond donors (Lipinski definition) is 1. The van der Waals surface area contributed by atoms with Gasteiger partial charge in [0.25, 0.3) is 0 Å². The molecule has 0 atom stereocenters. The molecule has 0 unspecified atom stereocenters. The Hall–Kier alpha value is -2.30. The predicted molar refractivity (Wildman–Crippen MR) is 98.3 cm³/mol. The van der Waals surface area contributed by atoms with Gasteiger partial charge in [0, 0.05) is 6.08 Å². The molecule has 1 saturated carbocycles. The number of rotatable bonds is 4. The summed E-state index contributed by atoms with van der Waals surface area (Å²) in [7, 11) is 0. The molecule has 5 heteroatoms. The van der Waals surface area contributed by atoms with Crippen LogP contribution in [0.3, 0.4) is 0 Å². The molecular formula is C20H27NO4. The van der Waals surface area contributed by atoms with E-state index >= 15 is 0 Å². The number of anilines is 1. The lowest BCUT2D eigenvalue weighted by molar-refractivity contribution is -0.144. The van der Waals surface area contributed by atoms with Crippen LogP contribution in [0.2, 0.25) is 0 Å². The minimum absolute atomic E-state index is 0.0287. The average molecular weight is 345 g/mol. The van der Waals surface area contributed by atoms with Crippen molar-refractivity contribution in [2.24, 2.45) is 0 Å². The third-order valence-electron chi connectivity index (χ3n) is 3.83. The molecule has 1 amide bonds. The molecule has 5 nitrogen and oxygen atoms in total. The van der Waals surface area contributed by atoms with Gasteiger partial charge in [-0.05, 0) is 64.2 Å². The van der Waals surface area contributed by atoms with E-state index in [-0.39, 0.29) is 12.1 Å². The van der Waals surface area contributed by atoms with Gasteiger partial charge in [-0.25, -0.2) is 9.59 Å². The molecule has 0 radical (unpaired) electrons. The third-order valence-corrected chi connectivity index (χ3v) is 3.83. The number of esters is 1. The molecule has 1 aliphatic carbocycles. The first-order valence-electron chi connectivity index (χ1n) is 8.81. The molecule has 0 bridgehead atoms. The first-order chi connectivity index (χ1) is 11.8. The lowest BCUT2D eigenvalue weighted by atomic mass is 9.98. The van der Waals surface area contributed by atoms with E-state index in [1.54, 1.807) is 32.9 Å². The topological polar surface area (TPSA) is 64.6 Å². The standard InChI is InChI=1S/C20H27NO4/c1-20(2,3)25-19(23)21-17-12-8-7-9-15(17)13-14-18(22)24-16-10-5-4-6-11-16/h7-9,12-14,16H,4-6,10-11H2,1-3H3,(H,21,23)/b14-13+. The van der Waals surface area contributed by atoms with E-state index in [1.807, 2.05) is 18.2 Å². The maximum atomic E-state index is 12.0. The fraction of sp³-hybridized carbons (Fsp3) is 0.500. The lowest BCUT2D eigenvalue weighted by Gasteiger charge is -2.21. The van der Waals surface area contributed by atoms with Crippen LogP contribution in [0, 0.1) is 0 Å². The Morgan fingerprint density at radius 2 is 1.80 bits per heavy atom. The highest BCUT2D eigenvalue weighted by molar-refractivity contribution is 5.92. The second kappa shape index (κ2) is 8.70. The van der Waals surface area contributed by atoms with Crippen LogP contribution in [0.15, 0.2) is 30.3 Å². The number of hydrogen-bond acceptors (Lipinski definition) is 4. The van der Waals surface area contributed by atoms with Crippen molar-refractivity contribution < 1.29 is 19.1 Å². The number of para-hydroxylation sites is 1. The minimum atomic E-state index is -0.571. The quantitative estimate of drug-likeness (QED) is 0.621. The van der Waals surface area contributed by atoms with Crippen LogP contribution in [-0.4, -0.2) is 23.8 Å². The van der Waals surface area contributed by atoms with Crippen LogP contribution in [-0.2, 0) is 14.3 Å². The van der Waals surface area contributed by atoms with E-state index in [4.69, 9.17) is 9.47 Å². The van der Waals surface area contributed by atoms with E-state index < -0.39 is 11.7 Å². The molecule has 1 aromatic carbocycles. The average Bonchev–Trinajstić information content (AvgIpc) is 2.53. The molecular weight excluding hydrogens is 318 g/mol. The van der Waals surface area contributed by atoms with Crippen molar-refractivity contribution >= 4 is 23.8 Å². The Bertz CT molecular complexity index is 625. The summed E-state index contributed by atoms with van der Waals surface area (Å²) in [4.78, 5) is 23.9. The van der Waals surface area contributed by atoms with Gasteiger partial charge in [-0.15, -0.1) is 0 Å². The number of amides is 1. The first-order valence-corrected chi connectivity index (χ1v) is 8.81. The summed E-state index contributed by atoms with van der Waals surface area (Å²) in [6.07, 6.45) is 7.89. The summed E-state index contributed by atoms with van der Waals surface area (Å²) in [5.41, 5.74) is 0.728. The Labute approximate surface area is 149 Å². The SMILES string of the molecule is CC(C)(C)OC(=O)Nc1ccccc1/C=C/C(=O)OC1CCCCC1. The highest BCUT2D eigenvalue weighted by Crippen LogP contribution is 2.21. The van der Waals surface area contributed by atoms with Crippen LogP contribution < -0.4 is 5.32 Å². The van der Waals surface area contributed by atoms with Gasteiger partial charge < -0.3 is 9.47 Å². The molecule has 136 valence electrons. The maximum Gasteiger partial charge on any atom is 0.412 e. The lowest BCUT2D eigenvalue weighted by Crippen LogP contribution is -2.27. The molecule has 0 aromatic heterocycles. The number of carbonyl (C=O) groups excluding carboxylic acids is 2. The zero-order valence-corrected chi connectivity index (χ0v) is 15.2. The largest absolute Gasteiger partial charge is 0.459 e. The summed E-state index contributed by atoms with van der Waals surface area (Å²) < 4.78 is 10.7. The Kier molecular flexibility index (Phi) is 6.62. The summed E-state index contributed by atoms with van der Waals surface area (Å²) in [5.74, 6) is -0.348. The van der Waals surface area contributed by atoms with Crippen molar-refractivity contribution in [3.05, 3.63) is 35.9 Å². The minimum Gasteiger partial charge on any atom is -0.459 e. The van der Waals surface area contributed by atoms with Crippen molar-refractivity contribution in [3.63, 3.8) is 0 Å². The van der Waals surface area contributed by atoms with E-state index in [2.05, 4.69) is 5.32 Å². The van der Waals surface area contributed by atoms with Gasteiger partial charge in [-0.3, -0.25) is 5.32 Å². The summed E-state index contributed by atoms with van der Waals surface area (Å²) >= 11 is 0. The second-order valence-corrected chi connectivity index (χ2v) is 7.24. The smallest absolute Gasteiger partial charge is 0.412 e. The molecule has 1 aromatic rings. The zero-order valence-electron chi connectivity index (χ0n) is 15.2. The van der Waals surface area contributed by atoms with Crippen molar-refractivity contribution in [2.75, 3.05) is 5.32 Å². The fourth-order valence-corrected chi connectivity index (χ4v) is 2.71. The van der Waals surface area contributed by atoms with Gasteiger partial charge in [-0.2, -0.15) is 0 Å². The van der Waals surface area contributed by atoms with Crippen molar-refractivity contribution in [2.45, 2.75) is 64.6 Å². The van der Waals surface area contributed by atoms with Crippen LogP contribution in [0.5, 0.6) is 0 Å². The molecule has 1 aliphatic rings. The summed E-state index contributed by atoms with van der Waals surface area (Å²) in [6.45, 7) is 5.42. The zero-order chi connectivity index (χ0) is 18.3. The van der Waals surface area contributed by atoms with E-state index in [0.29, 0.717) is 11.3 Å². The van der Waals surface area contributed by atoms with Crippen LogP contribution in [0.25, 0.3) is 6.08 Å². The van der Waals surface area contributed by atoms with Gasteiger partial charge in [0.15, 0.2) is 0 Å². The normalized spacial score (nSPS) is 15.8.